The molecule has 4 heteroatoms. The summed E-state index contributed by atoms with van der Waals surface area (Å²) in [5, 5.41) is 4.81. The molecule has 0 bridgehead atoms. The number of carbonyl (C=O) groups excluding carboxylic acids is 1. The van der Waals surface area contributed by atoms with Gasteiger partial charge < -0.3 is 4.90 Å². The van der Waals surface area contributed by atoms with Crippen molar-refractivity contribution < 1.29 is 4.79 Å². The lowest BCUT2D eigenvalue weighted by Crippen LogP contribution is -2.33. The molecule has 0 atom stereocenters. The van der Waals surface area contributed by atoms with Gasteiger partial charge in [0.1, 0.15) is 5.78 Å². The quantitative estimate of drug-likeness (QED) is 0.855. The van der Waals surface area contributed by atoms with Crippen LogP contribution in [0.4, 0.5) is 5.82 Å². The van der Waals surface area contributed by atoms with Crippen molar-refractivity contribution in [3.8, 4) is 0 Å². The summed E-state index contributed by atoms with van der Waals surface area (Å²) < 4.78 is 2.14. The van der Waals surface area contributed by atoms with Crippen LogP contribution in [0.1, 0.15) is 58.4 Å². The molecule has 0 spiro atoms. The molecule has 0 N–H and O–H groups in total. The highest BCUT2D eigenvalue weighted by molar-refractivity contribution is 5.78. The van der Waals surface area contributed by atoms with Crippen molar-refractivity contribution in [1.82, 2.24) is 9.78 Å². The van der Waals surface area contributed by atoms with Gasteiger partial charge in [-0.1, -0.05) is 6.92 Å². The Morgan fingerprint density at radius 1 is 1.14 bits per heavy atom. The second-order valence-corrected chi connectivity index (χ2v) is 6.94. The molecule has 2 aliphatic rings. The SMILES string of the molecule is CC(=O)C1CCC(n2ccc(N3CCC(C)CC3)n2)CC1. The fourth-order valence-electron chi connectivity index (χ4n) is 3.68. The molecule has 2 heterocycles. The fraction of sp³-hybridized carbons (Fsp3) is 0.765. The first-order valence-electron chi connectivity index (χ1n) is 8.44. The number of hydrogen-bond acceptors (Lipinski definition) is 3. The van der Waals surface area contributed by atoms with Gasteiger partial charge in [0, 0.05) is 31.3 Å². The van der Waals surface area contributed by atoms with Crippen molar-refractivity contribution >= 4 is 11.6 Å². The van der Waals surface area contributed by atoms with Crippen LogP contribution in [0.5, 0.6) is 0 Å². The third-order valence-corrected chi connectivity index (χ3v) is 5.35. The average molecular weight is 289 g/mol. The van der Waals surface area contributed by atoms with Gasteiger partial charge in [-0.3, -0.25) is 9.48 Å². The van der Waals surface area contributed by atoms with Crippen LogP contribution in [0.15, 0.2) is 12.3 Å². The van der Waals surface area contributed by atoms with Gasteiger partial charge in [-0.2, -0.15) is 5.10 Å². The standard InChI is InChI=1S/C17H27N3O/c1-13-7-10-19(11-8-13)17-9-12-20(18-17)16-5-3-15(4-6-16)14(2)21/h9,12-13,15-16H,3-8,10-11H2,1-2H3. The number of hydrogen-bond donors (Lipinski definition) is 0. The third kappa shape index (κ3) is 3.30. The monoisotopic (exact) mass is 289 g/mol. The van der Waals surface area contributed by atoms with E-state index in [1.807, 2.05) is 0 Å². The Labute approximate surface area is 127 Å². The predicted molar refractivity (Wildman–Crippen MR) is 84.5 cm³/mol. The van der Waals surface area contributed by atoms with E-state index in [-0.39, 0.29) is 0 Å². The summed E-state index contributed by atoms with van der Waals surface area (Å²) in [6.45, 7) is 6.34. The number of anilines is 1. The molecule has 0 amide bonds. The Bertz CT molecular complexity index is 480. The minimum absolute atomic E-state index is 0.292. The molecule has 1 aliphatic carbocycles. The van der Waals surface area contributed by atoms with Crippen LogP contribution < -0.4 is 4.90 Å². The number of aromatic nitrogens is 2. The molecule has 0 radical (unpaired) electrons. The first kappa shape index (κ1) is 14.6. The lowest BCUT2D eigenvalue weighted by molar-refractivity contribution is -0.121. The highest BCUT2D eigenvalue weighted by atomic mass is 16.1. The van der Waals surface area contributed by atoms with Crippen LogP contribution in [0.25, 0.3) is 0 Å². The summed E-state index contributed by atoms with van der Waals surface area (Å²) in [5.74, 6) is 2.64. The zero-order valence-electron chi connectivity index (χ0n) is 13.3. The smallest absolute Gasteiger partial charge is 0.150 e. The van der Waals surface area contributed by atoms with Gasteiger partial charge in [-0.15, -0.1) is 0 Å². The molecule has 1 aromatic heterocycles. The van der Waals surface area contributed by atoms with E-state index in [0.29, 0.717) is 17.7 Å². The molecule has 0 aromatic carbocycles. The molecule has 1 saturated carbocycles. The van der Waals surface area contributed by atoms with Crippen molar-refractivity contribution in [2.45, 2.75) is 58.4 Å². The van der Waals surface area contributed by atoms with E-state index in [4.69, 9.17) is 5.10 Å². The van der Waals surface area contributed by atoms with E-state index >= 15 is 0 Å². The van der Waals surface area contributed by atoms with E-state index in [1.165, 1.54) is 12.8 Å². The van der Waals surface area contributed by atoms with Gasteiger partial charge in [0.15, 0.2) is 5.82 Å². The van der Waals surface area contributed by atoms with Crippen molar-refractivity contribution in [1.29, 1.82) is 0 Å². The molecule has 21 heavy (non-hydrogen) atoms. The van der Waals surface area contributed by atoms with Gasteiger partial charge in [-0.05, 0) is 51.4 Å². The second-order valence-electron chi connectivity index (χ2n) is 6.94. The van der Waals surface area contributed by atoms with Crippen LogP contribution >= 0.6 is 0 Å². The Morgan fingerprint density at radius 3 is 2.43 bits per heavy atom. The normalized spacial score (nSPS) is 27.8. The van der Waals surface area contributed by atoms with Crippen LogP contribution in [0, 0.1) is 11.8 Å². The first-order valence-corrected chi connectivity index (χ1v) is 8.44. The van der Waals surface area contributed by atoms with Gasteiger partial charge >= 0.3 is 0 Å². The summed E-state index contributed by atoms with van der Waals surface area (Å²) in [6.07, 6.45) is 8.90. The molecule has 2 fully saturated rings. The first-order chi connectivity index (χ1) is 10.1. The van der Waals surface area contributed by atoms with E-state index < -0.39 is 0 Å². The number of Topliss-reactive ketones (excluding diaryl/α,β-unsaturated/α-hetero) is 1. The zero-order valence-corrected chi connectivity index (χ0v) is 13.3. The van der Waals surface area contributed by atoms with Crippen molar-refractivity contribution in [2.24, 2.45) is 11.8 Å². The average Bonchev–Trinajstić information content (AvgIpc) is 2.98. The van der Waals surface area contributed by atoms with Gasteiger partial charge in [-0.25, -0.2) is 0 Å². The van der Waals surface area contributed by atoms with E-state index in [9.17, 15) is 4.79 Å². The van der Waals surface area contributed by atoms with Gasteiger partial charge in [0.05, 0.1) is 6.04 Å². The molecule has 0 unspecified atom stereocenters. The van der Waals surface area contributed by atoms with Crippen LogP contribution in [0.2, 0.25) is 0 Å². The lowest BCUT2D eigenvalue weighted by Gasteiger charge is -2.30. The van der Waals surface area contributed by atoms with Crippen LogP contribution in [-0.4, -0.2) is 28.7 Å². The summed E-state index contributed by atoms with van der Waals surface area (Å²) in [4.78, 5) is 13.9. The molecule has 1 saturated heterocycles. The van der Waals surface area contributed by atoms with E-state index in [2.05, 4.69) is 28.8 Å². The van der Waals surface area contributed by atoms with Crippen LogP contribution in [-0.2, 0) is 4.79 Å². The predicted octanol–water partition coefficient (Wildman–Crippen LogP) is 3.44. The lowest BCUT2D eigenvalue weighted by atomic mass is 9.84. The molecular weight excluding hydrogens is 262 g/mol. The summed E-state index contributed by atoms with van der Waals surface area (Å²) in [6, 6.07) is 2.64. The number of carbonyl (C=O) groups is 1. The summed E-state index contributed by atoms with van der Waals surface area (Å²) >= 11 is 0. The molecular formula is C17H27N3O. The van der Waals surface area contributed by atoms with Crippen molar-refractivity contribution in [2.75, 3.05) is 18.0 Å². The van der Waals surface area contributed by atoms with Gasteiger partial charge in [0.2, 0.25) is 0 Å². The third-order valence-electron chi connectivity index (χ3n) is 5.35. The maximum absolute atomic E-state index is 11.5. The molecule has 3 rings (SSSR count). The highest BCUT2D eigenvalue weighted by Crippen LogP contribution is 2.33. The zero-order chi connectivity index (χ0) is 14.8. The Kier molecular flexibility index (Phi) is 4.32. The Morgan fingerprint density at radius 2 is 1.81 bits per heavy atom. The minimum Gasteiger partial charge on any atom is -0.355 e. The van der Waals surface area contributed by atoms with Crippen molar-refractivity contribution in [3.05, 3.63) is 12.3 Å². The summed E-state index contributed by atoms with van der Waals surface area (Å²) in [7, 11) is 0. The fourth-order valence-corrected chi connectivity index (χ4v) is 3.68. The minimum atomic E-state index is 0.292. The number of nitrogens with zero attached hydrogens (tertiary/aromatic N) is 3. The van der Waals surface area contributed by atoms with Crippen LogP contribution in [0.3, 0.4) is 0 Å². The van der Waals surface area contributed by atoms with Crippen molar-refractivity contribution in [3.63, 3.8) is 0 Å². The van der Waals surface area contributed by atoms with E-state index in [0.717, 1.165) is 50.5 Å². The maximum atomic E-state index is 11.5. The molecule has 4 nitrogen and oxygen atoms in total. The molecule has 116 valence electrons. The number of rotatable bonds is 3. The number of piperidine rings is 1. The highest BCUT2D eigenvalue weighted by Gasteiger charge is 2.26. The largest absolute Gasteiger partial charge is 0.355 e. The number of ketones is 1. The Hall–Kier alpha value is -1.32. The molecule has 1 aliphatic heterocycles. The summed E-state index contributed by atoms with van der Waals surface area (Å²) in [5.41, 5.74) is 0. The van der Waals surface area contributed by atoms with Gasteiger partial charge in [0.25, 0.3) is 0 Å². The molecule has 1 aromatic rings. The van der Waals surface area contributed by atoms with E-state index in [1.54, 1.807) is 6.92 Å². The second kappa shape index (κ2) is 6.20. The Balaban J connectivity index is 1.59. The topological polar surface area (TPSA) is 38.1 Å². The maximum Gasteiger partial charge on any atom is 0.150 e.